The Morgan fingerprint density at radius 3 is 2.87 bits per heavy atom. The minimum absolute atomic E-state index is 0.219. The molecular formula is C13H19N5O4S. The quantitative estimate of drug-likeness (QED) is 0.529. The van der Waals surface area contributed by atoms with E-state index in [4.69, 9.17) is 10.5 Å². The van der Waals surface area contributed by atoms with E-state index in [1.165, 1.54) is 29.0 Å². The number of aliphatic hydroxyl groups excluding tert-OH is 3. The van der Waals surface area contributed by atoms with Crippen LogP contribution in [0.2, 0.25) is 0 Å². The molecule has 1 fully saturated rings. The fraction of sp³-hybridized carbons (Fsp3) is 0.615. The van der Waals surface area contributed by atoms with Crippen LogP contribution >= 0.6 is 11.8 Å². The van der Waals surface area contributed by atoms with Crippen molar-refractivity contribution in [3.8, 4) is 0 Å². The van der Waals surface area contributed by atoms with Gasteiger partial charge in [-0.1, -0.05) is 6.92 Å². The van der Waals surface area contributed by atoms with Gasteiger partial charge in [0.1, 0.15) is 35.6 Å². The van der Waals surface area contributed by atoms with Crippen molar-refractivity contribution in [2.24, 2.45) is 0 Å². The Balaban J connectivity index is 1.86. The smallest absolute Gasteiger partial charge is 0.167 e. The Kier molecular flexibility index (Phi) is 4.69. The second kappa shape index (κ2) is 6.57. The van der Waals surface area contributed by atoms with Gasteiger partial charge in [-0.15, -0.1) is 11.8 Å². The molecule has 1 aliphatic heterocycles. The molecule has 0 radical (unpaired) electrons. The van der Waals surface area contributed by atoms with Gasteiger partial charge in [-0.05, 0) is 12.2 Å². The van der Waals surface area contributed by atoms with E-state index in [-0.39, 0.29) is 5.82 Å². The molecule has 2 aromatic heterocycles. The number of aliphatic hydroxyl groups is 3. The predicted molar refractivity (Wildman–Crippen MR) is 84.4 cm³/mol. The summed E-state index contributed by atoms with van der Waals surface area (Å²) in [6.07, 6.45) is -0.643. The number of thioether (sulfide) groups is 1. The van der Waals surface area contributed by atoms with Gasteiger partial charge in [-0.25, -0.2) is 15.0 Å². The van der Waals surface area contributed by atoms with Gasteiger partial charge in [0.15, 0.2) is 17.7 Å². The van der Waals surface area contributed by atoms with E-state index in [1.54, 1.807) is 0 Å². The maximum atomic E-state index is 10.3. The zero-order valence-electron chi connectivity index (χ0n) is 12.5. The number of hydrogen-bond donors (Lipinski definition) is 4. The fourth-order valence-electron chi connectivity index (χ4n) is 2.54. The lowest BCUT2D eigenvalue weighted by atomic mass is 10.1. The van der Waals surface area contributed by atoms with Gasteiger partial charge in [-0.2, -0.15) is 0 Å². The molecule has 0 bridgehead atoms. The number of nitrogens with zero attached hydrogens (tertiary/aromatic N) is 4. The summed E-state index contributed by atoms with van der Waals surface area (Å²) in [6, 6.07) is 0. The van der Waals surface area contributed by atoms with E-state index in [9.17, 15) is 15.3 Å². The minimum Gasteiger partial charge on any atom is -0.387 e. The average Bonchev–Trinajstić information content (AvgIpc) is 3.09. The van der Waals surface area contributed by atoms with E-state index in [1.807, 2.05) is 6.92 Å². The van der Waals surface area contributed by atoms with Gasteiger partial charge in [0.25, 0.3) is 0 Å². The lowest BCUT2D eigenvalue weighted by molar-refractivity contribution is -0.0594. The van der Waals surface area contributed by atoms with Gasteiger partial charge >= 0.3 is 0 Å². The third-order valence-corrected chi connectivity index (χ3v) is 4.96. The third-order valence-electron chi connectivity index (χ3n) is 3.71. The molecule has 5 atom stereocenters. The number of imidazole rings is 1. The zero-order chi connectivity index (χ0) is 16.6. The Morgan fingerprint density at radius 1 is 1.35 bits per heavy atom. The summed E-state index contributed by atoms with van der Waals surface area (Å²) in [5, 5.41) is 30.6. The Labute approximate surface area is 136 Å². The van der Waals surface area contributed by atoms with Gasteiger partial charge in [0.2, 0.25) is 0 Å². The number of fused-ring (bicyclic) bond motifs is 1. The highest BCUT2D eigenvalue weighted by molar-refractivity contribution is 7.99. The molecule has 3 heterocycles. The molecule has 5 N–H and O–H groups in total. The zero-order valence-corrected chi connectivity index (χ0v) is 13.3. The van der Waals surface area contributed by atoms with Crippen LogP contribution < -0.4 is 5.73 Å². The molecule has 10 heteroatoms. The molecule has 1 unspecified atom stereocenters. The topological polar surface area (TPSA) is 140 Å². The lowest BCUT2D eigenvalue weighted by Crippen LogP contribution is -2.37. The van der Waals surface area contributed by atoms with E-state index >= 15 is 0 Å². The summed E-state index contributed by atoms with van der Waals surface area (Å²) >= 11 is 1.27. The lowest BCUT2D eigenvalue weighted by Gasteiger charge is -2.20. The van der Waals surface area contributed by atoms with Crippen LogP contribution in [-0.2, 0) is 4.74 Å². The van der Waals surface area contributed by atoms with Gasteiger partial charge in [0, 0.05) is 0 Å². The van der Waals surface area contributed by atoms with Crippen LogP contribution in [0.1, 0.15) is 19.6 Å². The number of rotatable bonds is 5. The summed E-state index contributed by atoms with van der Waals surface area (Å²) in [5.41, 5.74) is 5.59. The molecular weight excluding hydrogens is 322 g/mol. The molecule has 3 rings (SSSR count). The Bertz CT molecular complexity index is 683. The van der Waals surface area contributed by atoms with Crippen LogP contribution in [0, 0.1) is 0 Å². The highest BCUT2D eigenvalue weighted by atomic mass is 32.2. The molecule has 9 nitrogen and oxygen atoms in total. The van der Waals surface area contributed by atoms with Crippen molar-refractivity contribution in [3.05, 3.63) is 12.7 Å². The summed E-state index contributed by atoms with van der Waals surface area (Å²) < 4.78 is 7.17. The number of anilines is 1. The van der Waals surface area contributed by atoms with Gasteiger partial charge < -0.3 is 25.8 Å². The number of aromatic nitrogens is 4. The van der Waals surface area contributed by atoms with Gasteiger partial charge in [0.05, 0.1) is 6.33 Å². The van der Waals surface area contributed by atoms with E-state index in [0.717, 1.165) is 12.2 Å². The second-order valence-electron chi connectivity index (χ2n) is 5.32. The van der Waals surface area contributed by atoms with Crippen LogP contribution in [0.15, 0.2) is 12.7 Å². The van der Waals surface area contributed by atoms with Crippen molar-refractivity contribution in [2.45, 2.75) is 43.3 Å². The molecule has 23 heavy (non-hydrogen) atoms. The SMILES string of the molecule is CCCSC(O)[C@H]1O[C@@H](n2cnc3c(N)ncnc32)[C@H](O)[C@@H]1O. The van der Waals surface area contributed by atoms with Crippen LogP contribution in [-0.4, -0.2) is 64.3 Å². The van der Waals surface area contributed by atoms with Crippen molar-refractivity contribution >= 4 is 28.7 Å². The van der Waals surface area contributed by atoms with Crippen molar-refractivity contribution < 1.29 is 20.1 Å². The minimum atomic E-state index is -1.22. The summed E-state index contributed by atoms with van der Waals surface area (Å²) in [7, 11) is 0. The maximum absolute atomic E-state index is 10.3. The highest BCUT2D eigenvalue weighted by Crippen LogP contribution is 2.35. The monoisotopic (exact) mass is 341 g/mol. The maximum Gasteiger partial charge on any atom is 0.167 e. The van der Waals surface area contributed by atoms with Crippen LogP contribution in [0.3, 0.4) is 0 Å². The molecule has 0 aromatic carbocycles. The molecule has 0 amide bonds. The Morgan fingerprint density at radius 2 is 2.13 bits per heavy atom. The van der Waals surface area contributed by atoms with Crippen molar-refractivity contribution in [3.63, 3.8) is 0 Å². The summed E-state index contributed by atoms with van der Waals surface area (Å²) in [4.78, 5) is 12.1. The normalized spacial score (nSPS) is 29.2. The first-order chi connectivity index (χ1) is 11.0. The molecule has 126 valence electrons. The fourth-order valence-corrected chi connectivity index (χ4v) is 3.43. The largest absolute Gasteiger partial charge is 0.387 e. The van der Waals surface area contributed by atoms with Crippen LogP contribution in [0.5, 0.6) is 0 Å². The van der Waals surface area contributed by atoms with Crippen molar-refractivity contribution in [1.82, 2.24) is 19.5 Å². The first kappa shape index (κ1) is 16.4. The summed E-state index contributed by atoms with van der Waals surface area (Å²) in [6.45, 7) is 1.99. The highest BCUT2D eigenvalue weighted by Gasteiger charge is 2.47. The molecule has 0 saturated carbocycles. The molecule has 1 saturated heterocycles. The van der Waals surface area contributed by atoms with Crippen molar-refractivity contribution in [1.29, 1.82) is 0 Å². The number of nitrogens with two attached hydrogens (primary N) is 1. The van der Waals surface area contributed by atoms with Crippen LogP contribution in [0.4, 0.5) is 5.82 Å². The first-order valence-corrected chi connectivity index (χ1v) is 8.33. The molecule has 0 aliphatic carbocycles. The number of ether oxygens (including phenoxy) is 1. The van der Waals surface area contributed by atoms with E-state index in [0.29, 0.717) is 11.2 Å². The molecule has 0 spiro atoms. The summed E-state index contributed by atoms with van der Waals surface area (Å²) in [5.74, 6) is 0.948. The van der Waals surface area contributed by atoms with Crippen molar-refractivity contribution in [2.75, 3.05) is 11.5 Å². The third kappa shape index (κ3) is 2.88. The Hall–Kier alpha value is -1.46. The molecule has 1 aliphatic rings. The average molecular weight is 341 g/mol. The molecule has 2 aromatic rings. The van der Waals surface area contributed by atoms with E-state index < -0.39 is 30.0 Å². The van der Waals surface area contributed by atoms with Crippen LogP contribution in [0.25, 0.3) is 11.2 Å². The second-order valence-corrected chi connectivity index (χ2v) is 6.54. The first-order valence-electron chi connectivity index (χ1n) is 7.28. The van der Waals surface area contributed by atoms with Gasteiger partial charge in [-0.3, -0.25) is 4.57 Å². The number of hydrogen-bond acceptors (Lipinski definition) is 9. The van der Waals surface area contributed by atoms with E-state index in [2.05, 4.69) is 15.0 Å². The predicted octanol–water partition coefficient (Wildman–Crippen LogP) is -0.511. The standard InChI is InChI=1S/C13H19N5O4S/c1-2-3-23-13(21)9-7(19)8(20)12(22-9)18-5-17-6-10(14)15-4-16-11(6)18/h4-5,7-9,12-13,19-21H,2-3H2,1H3,(H2,14,15,16)/t7-,8+,9-,12+,13?/m0/s1. The number of nitrogen functional groups attached to an aromatic ring is 1.